The molecule has 0 bridgehead atoms. The Balaban J connectivity index is 2.81. The monoisotopic (exact) mass is 251 g/mol. The van der Waals surface area contributed by atoms with Crippen LogP contribution in [0.25, 0.3) is 0 Å². The summed E-state index contributed by atoms with van der Waals surface area (Å²) >= 11 is 0. The topological polar surface area (TPSA) is 78.6 Å². The van der Waals surface area contributed by atoms with Gasteiger partial charge in [-0.25, -0.2) is 4.79 Å². The van der Waals surface area contributed by atoms with Crippen molar-refractivity contribution in [1.29, 1.82) is 0 Å². The van der Waals surface area contributed by atoms with Crippen molar-refractivity contribution in [3.63, 3.8) is 0 Å². The van der Waals surface area contributed by atoms with E-state index in [1.54, 1.807) is 25.1 Å². The molecule has 0 spiro atoms. The molecule has 0 radical (unpaired) electrons. The number of benzene rings is 1. The van der Waals surface area contributed by atoms with E-state index >= 15 is 0 Å². The van der Waals surface area contributed by atoms with Gasteiger partial charge in [0.1, 0.15) is 0 Å². The lowest BCUT2D eigenvalue weighted by atomic mass is 10.0. The molecular formula is C13H17NO4. The number of hydrogen-bond donors (Lipinski definition) is 1. The maximum Gasteiger partial charge on any atom is 0.338 e. The average Bonchev–Trinajstić information content (AvgIpc) is 2.36. The van der Waals surface area contributed by atoms with Gasteiger partial charge in [-0.2, -0.15) is 0 Å². The molecule has 0 heterocycles. The molecule has 0 amide bonds. The highest BCUT2D eigenvalue weighted by molar-refractivity contribution is 5.92. The van der Waals surface area contributed by atoms with Gasteiger partial charge >= 0.3 is 11.9 Å². The van der Waals surface area contributed by atoms with E-state index in [0.29, 0.717) is 24.3 Å². The lowest BCUT2D eigenvalue weighted by Gasteiger charge is -2.08. The third-order valence-electron chi connectivity index (χ3n) is 2.44. The zero-order valence-electron chi connectivity index (χ0n) is 10.6. The normalized spacial score (nSPS) is 9.89. The molecular weight excluding hydrogens is 234 g/mol. The zero-order valence-corrected chi connectivity index (χ0v) is 10.6. The summed E-state index contributed by atoms with van der Waals surface area (Å²) in [7, 11) is 1.31. The SMILES string of the molecule is CCOC(=O)CCc1ccc(N)cc1C(=O)OC. The van der Waals surface area contributed by atoms with Crippen LogP contribution in [0.3, 0.4) is 0 Å². The molecule has 1 rings (SSSR count). The summed E-state index contributed by atoms with van der Waals surface area (Å²) in [5, 5.41) is 0. The number of methoxy groups -OCH3 is 1. The van der Waals surface area contributed by atoms with Crippen LogP contribution in [0.5, 0.6) is 0 Å². The largest absolute Gasteiger partial charge is 0.466 e. The molecule has 1 aromatic rings. The van der Waals surface area contributed by atoms with Crippen molar-refractivity contribution in [2.75, 3.05) is 19.5 Å². The quantitative estimate of drug-likeness (QED) is 0.634. The van der Waals surface area contributed by atoms with Crippen LogP contribution in [0.2, 0.25) is 0 Å². The first-order chi connectivity index (χ1) is 8.58. The predicted molar refractivity (Wildman–Crippen MR) is 67.1 cm³/mol. The molecule has 0 aliphatic heterocycles. The maximum absolute atomic E-state index is 11.6. The van der Waals surface area contributed by atoms with Gasteiger partial charge in [-0.05, 0) is 31.0 Å². The van der Waals surface area contributed by atoms with Crippen molar-refractivity contribution in [2.45, 2.75) is 19.8 Å². The van der Waals surface area contributed by atoms with Gasteiger partial charge in [0, 0.05) is 12.1 Å². The first-order valence-corrected chi connectivity index (χ1v) is 5.70. The third-order valence-corrected chi connectivity index (χ3v) is 2.44. The fraction of sp³-hybridized carbons (Fsp3) is 0.385. The number of rotatable bonds is 5. The number of ether oxygens (including phenoxy) is 2. The predicted octanol–water partition coefficient (Wildman–Crippen LogP) is 1.55. The van der Waals surface area contributed by atoms with Gasteiger partial charge in [0.05, 0.1) is 19.3 Å². The lowest BCUT2D eigenvalue weighted by molar-refractivity contribution is -0.143. The Bertz CT molecular complexity index is 443. The zero-order chi connectivity index (χ0) is 13.5. The standard InChI is InChI=1S/C13H17NO4/c1-3-18-12(15)7-5-9-4-6-10(14)8-11(9)13(16)17-2/h4,6,8H,3,5,7,14H2,1-2H3. The summed E-state index contributed by atoms with van der Waals surface area (Å²) in [5.41, 5.74) is 7.22. The number of hydrogen-bond acceptors (Lipinski definition) is 5. The van der Waals surface area contributed by atoms with Crippen LogP contribution in [-0.2, 0) is 20.7 Å². The van der Waals surface area contributed by atoms with Crippen LogP contribution in [-0.4, -0.2) is 25.7 Å². The highest BCUT2D eigenvalue weighted by Gasteiger charge is 2.13. The Morgan fingerprint density at radius 1 is 1.33 bits per heavy atom. The highest BCUT2D eigenvalue weighted by atomic mass is 16.5. The van der Waals surface area contributed by atoms with Crippen molar-refractivity contribution >= 4 is 17.6 Å². The fourth-order valence-electron chi connectivity index (χ4n) is 1.58. The number of esters is 2. The Morgan fingerprint density at radius 2 is 2.06 bits per heavy atom. The van der Waals surface area contributed by atoms with Gasteiger partial charge in [0.15, 0.2) is 0 Å². The van der Waals surface area contributed by atoms with Gasteiger partial charge in [-0.15, -0.1) is 0 Å². The average molecular weight is 251 g/mol. The van der Waals surface area contributed by atoms with E-state index < -0.39 is 5.97 Å². The molecule has 0 aromatic heterocycles. The summed E-state index contributed by atoms with van der Waals surface area (Å²) in [4.78, 5) is 22.8. The Morgan fingerprint density at radius 3 is 2.67 bits per heavy atom. The minimum atomic E-state index is -0.457. The number of aryl methyl sites for hydroxylation is 1. The summed E-state index contributed by atoms with van der Waals surface area (Å²) in [6.07, 6.45) is 0.644. The van der Waals surface area contributed by atoms with Crippen molar-refractivity contribution < 1.29 is 19.1 Å². The van der Waals surface area contributed by atoms with Crippen molar-refractivity contribution in [2.24, 2.45) is 0 Å². The number of carbonyl (C=O) groups excluding carboxylic acids is 2. The minimum Gasteiger partial charge on any atom is -0.466 e. The van der Waals surface area contributed by atoms with E-state index in [9.17, 15) is 9.59 Å². The molecule has 0 unspecified atom stereocenters. The Labute approximate surface area is 106 Å². The fourth-order valence-corrected chi connectivity index (χ4v) is 1.58. The maximum atomic E-state index is 11.6. The number of carbonyl (C=O) groups is 2. The van der Waals surface area contributed by atoms with E-state index in [1.807, 2.05) is 0 Å². The molecule has 0 saturated carbocycles. The molecule has 2 N–H and O–H groups in total. The van der Waals surface area contributed by atoms with Crippen LogP contribution in [0, 0.1) is 0 Å². The van der Waals surface area contributed by atoms with Crippen molar-refractivity contribution in [3.05, 3.63) is 29.3 Å². The number of nitrogen functional groups attached to an aromatic ring is 1. The molecule has 5 heteroatoms. The molecule has 0 fully saturated rings. The summed E-state index contributed by atoms with van der Waals surface area (Å²) < 4.78 is 9.51. The molecule has 18 heavy (non-hydrogen) atoms. The van der Waals surface area contributed by atoms with E-state index in [0.717, 1.165) is 5.56 Å². The minimum absolute atomic E-state index is 0.224. The van der Waals surface area contributed by atoms with Gasteiger partial charge < -0.3 is 15.2 Å². The highest BCUT2D eigenvalue weighted by Crippen LogP contribution is 2.16. The van der Waals surface area contributed by atoms with Crippen LogP contribution in [0.1, 0.15) is 29.3 Å². The second kappa shape index (κ2) is 6.64. The van der Waals surface area contributed by atoms with Gasteiger partial charge in [-0.1, -0.05) is 6.07 Å². The summed E-state index contributed by atoms with van der Waals surface area (Å²) in [6, 6.07) is 4.96. The van der Waals surface area contributed by atoms with Crippen LogP contribution < -0.4 is 5.73 Å². The summed E-state index contributed by atoms with van der Waals surface area (Å²) in [6.45, 7) is 2.10. The van der Waals surface area contributed by atoms with Crippen molar-refractivity contribution in [1.82, 2.24) is 0 Å². The third kappa shape index (κ3) is 3.76. The van der Waals surface area contributed by atoms with Gasteiger partial charge in [0.25, 0.3) is 0 Å². The van der Waals surface area contributed by atoms with Crippen molar-refractivity contribution in [3.8, 4) is 0 Å². The van der Waals surface area contributed by atoms with Crippen LogP contribution in [0.4, 0.5) is 5.69 Å². The molecule has 0 saturated heterocycles. The molecule has 0 atom stereocenters. The van der Waals surface area contributed by atoms with E-state index in [4.69, 9.17) is 10.5 Å². The number of anilines is 1. The first kappa shape index (κ1) is 14.0. The molecule has 5 nitrogen and oxygen atoms in total. The Kier molecular flexibility index (Phi) is 5.17. The van der Waals surface area contributed by atoms with E-state index in [-0.39, 0.29) is 12.4 Å². The molecule has 1 aromatic carbocycles. The van der Waals surface area contributed by atoms with E-state index in [1.165, 1.54) is 7.11 Å². The number of nitrogens with two attached hydrogens (primary N) is 1. The smallest absolute Gasteiger partial charge is 0.338 e. The lowest BCUT2D eigenvalue weighted by Crippen LogP contribution is -2.10. The Hall–Kier alpha value is -2.04. The molecule has 0 aliphatic carbocycles. The second-order valence-corrected chi connectivity index (χ2v) is 3.71. The molecule has 98 valence electrons. The molecule has 0 aliphatic rings. The second-order valence-electron chi connectivity index (χ2n) is 3.71. The summed E-state index contributed by atoms with van der Waals surface area (Å²) in [5.74, 6) is -0.744. The van der Waals surface area contributed by atoms with Crippen LogP contribution >= 0.6 is 0 Å². The van der Waals surface area contributed by atoms with E-state index in [2.05, 4.69) is 4.74 Å². The van der Waals surface area contributed by atoms with Crippen LogP contribution in [0.15, 0.2) is 18.2 Å². The van der Waals surface area contributed by atoms with Gasteiger partial charge in [-0.3, -0.25) is 4.79 Å². The van der Waals surface area contributed by atoms with Gasteiger partial charge in [0.2, 0.25) is 0 Å². The first-order valence-electron chi connectivity index (χ1n) is 5.70.